The van der Waals surface area contributed by atoms with Crippen molar-refractivity contribution in [1.82, 2.24) is 9.78 Å². The third-order valence-electron chi connectivity index (χ3n) is 6.52. The zero-order chi connectivity index (χ0) is 24.8. The van der Waals surface area contributed by atoms with Gasteiger partial charge >= 0.3 is 5.97 Å². The standard InChI is InChI=1S/C28H31FN2O4/c29-21-11-13-22(14-12-21)31-26(16-15-23(32)17-24(33)18-27(34)35)25-8-4-7-20(28(25)30-31)10-9-19-5-2-1-3-6-19/h1-3,5-6,11-16,20,23-24,32-33H,4,7-10,17-18H2,(H,34,35)/b16-15+/t20?,23-,24-/m1/s1. The number of aliphatic hydroxyl groups excluding tert-OH is 2. The minimum Gasteiger partial charge on any atom is -0.481 e. The van der Waals surface area contributed by atoms with E-state index in [1.807, 2.05) is 18.2 Å². The number of benzene rings is 2. The van der Waals surface area contributed by atoms with E-state index in [0.717, 1.165) is 54.7 Å². The van der Waals surface area contributed by atoms with Crippen LogP contribution in [0.5, 0.6) is 0 Å². The summed E-state index contributed by atoms with van der Waals surface area (Å²) < 4.78 is 15.4. The molecule has 1 unspecified atom stereocenters. The zero-order valence-electron chi connectivity index (χ0n) is 19.6. The fraction of sp³-hybridized carbons (Fsp3) is 0.357. The van der Waals surface area contributed by atoms with Crippen LogP contribution in [0.25, 0.3) is 11.8 Å². The molecule has 0 fully saturated rings. The van der Waals surface area contributed by atoms with Crippen molar-refractivity contribution >= 4 is 12.0 Å². The lowest BCUT2D eigenvalue weighted by Crippen LogP contribution is -2.19. The summed E-state index contributed by atoms with van der Waals surface area (Å²) >= 11 is 0. The number of hydrogen-bond donors (Lipinski definition) is 3. The number of hydrogen-bond acceptors (Lipinski definition) is 4. The summed E-state index contributed by atoms with van der Waals surface area (Å²) in [5.41, 5.74) is 5.00. The maximum atomic E-state index is 13.6. The maximum Gasteiger partial charge on any atom is 0.305 e. The molecule has 0 aliphatic heterocycles. The largest absolute Gasteiger partial charge is 0.481 e. The minimum absolute atomic E-state index is 0.0740. The molecule has 0 saturated heterocycles. The first-order valence-electron chi connectivity index (χ1n) is 12.1. The maximum absolute atomic E-state index is 13.6. The summed E-state index contributed by atoms with van der Waals surface area (Å²) in [6, 6.07) is 16.5. The number of aliphatic carboxylic acids is 1. The van der Waals surface area contributed by atoms with Crippen LogP contribution < -0.4 is 0 Å². The molecule has 0 amide bonds. The van der Waals surface area contributed by atoms with Gasteiger partial charge in [0.2, 0.25) is 0 Å². The Balaban J connectivity index is 1.62. The van der Waals surface area contributed by atoms with E-state index >= 15 is 0 Å². The summed E-state index contributed by atoms with van der Waals surface area (Å²) in [4.78, 5) is 10.8. The van der Waals surface area contributed by atoms with E-state index in [1.165, 1.54) is 17.7 Å². The van der Waals surface area contributed by atoms with Gasteiger partial charge in [-0.15, -0.1) is 0 Å². The Morgan fingerprint density at radius 3 is 2.60 bits per heavy atom. The number of halogens is 1. The molecule has 35 heavy (non-hydrogen) atoms. The molecule has 1 aliphatic rings. The van der Waals surface area contributed by atoms with Crippen molar-refractivity contribution in [2.45, 2.75) is 63.1 Å². The predicted octanol–water partition coefficient (Wildman–Crippen LogP) is 4.66. The molecule has 7 heteroatoms. The van der Waals surface area contributed by atoms with Crippen LogP contribution >= 0.6 is 0 Å². The number of aryl methyl sites for hydroxylation is 1. The summed E-state index contributed by atoms with van der Waals surface area (Å²) in [6.07, 6.45) is 5.59. The smallest absolute Gasteiger partial charge is 0.305 e. The van der Waals surface area contributed by atoms with Crippen LogP contribution in [0.2, 0.25) is 0 Å². The van der Waals surface area contributed by atoms with Gasteiger partial charge in [0, 0.05) is 17.9 Å². The number of carboxylic acid groups (broad SMARTS) is 1. The number of carboxylic acids is 1. The second-order valence-electron chi connectivity index (χ2n) is 9.16. The molecule has 1 aliphatic carbocycles. The van der Waals surface area contributed by atoms with E-state index < -0.39 is 24.6 Å². The molecule has 3 aromatic rings. The highest BCUT2D eigenvalue weighted by Crippen LogP contribution is 2.37. The normalized spacial score (nSPS) is 17.3. The van der Waals surface area contributed by atoms with Crippen molar-refractivity contribution in [3.8, 4) is 5.69 Å². The lowest BCUT2D eigenvalue weighted by Gasteiger charge is -2.21. The van der Waals surface area contributed by atoms with Crippen LogP contribution in [0.1, 0.15) is 60.5 Å². The Labute approximate surface area is 204 Å². The first-order chi connectivity index (χ1) is 16.9. The van der Waals surface area contributed by atoms with Gasteiger partial charge in [-0.1, -0.05) is 36.4 Å². The molecule has 184 valence electrons. The fourth-order valence-corrected chi connectivity index (χ4v) is 4.79. The molecule has 4 rings (SSSR count). The second-order valence-corrected chi connectivity index (χ2v) is 9.16. The molecule has 0 saturated carbocycles. The third kappa shape index (κ3) is 6.44. The van der Waals surface area contributed by atoms with Crippen LogP contribution in [-0.4, -0.2) is 43.3 Å². The molecule has 0 spiro atoms. The molecular formula is C28H31FN2O4. The monoisotopic (exact) mass is 478 g/mol. The van der Waals surface area contributed by atoms with E-state index in [4.69, 9.17) is 10.2 Å². The minimum atomic E-state index is -1.13. The lowest BCUT2D eigenvalue weighted by atomic mass is 9.83. The topological polar surface area (TPSA) is 95.6 Å². The quantitative estimate of drug-likeness (QED) is 0.394. The van der Waals surface area contributed by atoms with Crippen LogP contribution in [0.15, 0.2) is 60.7 Å². The van der Waals surface area contributed by atoms with Gasteiger partial charge in [-0.05, 0) is 68.0 Å². The van der Waals surface area contributed by atoms with Crippen LogP contribution in [0.3, 0.4) is 0 Å². The fourth-order valence-electron chi connectivity index (χ4n) is 4.79. The van der Waals surface area contributed by atoms with E-state index in [9.17, 15) is 19.4 Å². The average molecular weight is 479 g/mol. The number of carbonyl (C=O) groups is 1. The summed E-state index contributed by atoms with van der Waals surface area (Å²) in [7, 11) is 0. The van der Waals surface area contributed by atoms with Crippen molar-refractivity contribution in [2.24, 2.45) is 0 Å². The van der Waals surface area contributed by atoms with Gasteiger partial charge in [0.1, 0.15) is 5.82 Å². The summed E-state index contributed by atoms with van der Waals surface area (Å²) in [5, 5.41) is 34.0. The number of rotatable bonds is 10. The van der Waals surface area contributed by atoms with Crippen molar-refractivity contribution in [3.63, 3.8) is 0 Å². The Kier molecular flexibility index (Phi) is 8.10. The van der Waals surface area contributed by atoms with Crippen molar-refractivity contribution < 1.29 is 24.5 Å². The summed E-state index contributed by atoms with van der Waals surface area (Å²) in [5.74, 6) is -1.14. The van der Waals surface area contributed by atoms with Crippen LogP contribution in [0.4, 0.5) is 4.39 Å². The highest BCUT2D eigenvalue weighted by atomic mass is 19.1. The highest BCUT2D eigenvalue weighted by molar-refractivity contribution is 5.67. The first-order valence-corrected chi connectivity index (χ1v) is 12.1. The third-order valence-corrected chi connectivity index (χ3v) is 6.52. The van der Waals surface area contributed by atoms with E-state index in [1.54, 1.807) is 29.0 Å². The average Bonchev–Trinajstić information content (AvgIpc) is 3.21. The van der Waals surface area contributed by atoms with E-state index in [0.29, 0.717) is 5.92 Å². The molecule has 1 heterocycles. The Bertz CT molecular complexity index is 1160. The number of aliphatic hydroxyl groups is 2. The SMILES string of the molecule is O=C(O)C[C@H](O)C[C@H](O)/C=C/c1c2c(nn1-c1ccc(F)cc1)C(CCc1ccccc1)CCC2. The first kappa shape index (κ1) is 24.8. The van der Waals surface area contributed by atoms with Gasteiger partial charge in [0.25, 0.3) is 0 Å². The van der Waals surface area contributed by atoms with E-state index in [-0.39, 0.29) is 12.2 Å². The number of nitrogens with zero attached hydrogens (tertiary/aromatic N) is 2. The zero-order valence-corrected chi connectivity index (χ0v) is 19.6. The summed E-state index contributed by atoms with van der Waals surface area (Å²) in [6.45, 7) is 0. The second kappa shape index (κ2) is 11.4. The number of fused-ring (bicyclic) bond motifs is 1. The predicted molar refractivity (Wildman–Crippen MR) is 132 cm³/mol. The Morgan fingerprint density at radius 2 is 1.89 bits per heavy atom. The Hall–Kier alpha value is -3.29. The molecule has 3 atom stereocenters. The molecular weight excluding hydrogens is 447 g/mol. The molecule has 1 aromatic heterocycles. The van der Waals surface area contributed by atoms with Crippen LogP contribution in [-0.2, 0) is 17.6 Å². The van der Waals surface area contributed by atoms with Gasteiger partial charge < -0.3 is 15.3 Å². The lowest BCUT2D eigenvalue weighted by molar-refractivity contribution is -0.139. The van der Waals surface area contributed by atoms with Crippen LogP contribution in [0, 0.1) is 5.82 Å². The van der Waals surface area contributed by atoms with E-state index in [2.05, 4.69) is 12.1 Å². The number of aromatic nitrogens is 2. The van der Waals surface area contributed by atoms with Crippen molar-refractivity contribution in [3.05, 3.63) is 89.0 Å². The molecule has 0 bridgehead atoms. The van der Waals surface area contributed by atoms with Gasteiger partial charge in [0.15, 0.2) is 0 Å². The highest BCUT2D eigenvalue weighted by Gasteiger charge is 2.27. The molecule has 3 N–H and O–H groups in total. The molecule has 6 nitrogen and oxygen atoms in total. The van der Waals surface area contributed by atoms with Gasteiger partial charge in [-0.3, -0.25) is 4.79 Å². The van der Waals surface area contributed by atoms with Gasteiger partial charge in [-0.2, -0.15) is 5.10 Å². The molecule has 2 aromatic carbocycles. The molecule has 0 radical (unpaired) electrons. The van der Waals surface area contributed by atoms with Gasteiger partial charge in [-0.25, -0.2) is 9.07 Å². The Morgan fingerprint density at radius 1 is 1.14 bits per heavy atom. The van der Waals surface area contributed by atoms with Gasteiger partial charge in [0.05, 0.1) is 35.7 Å². The van der Waals surface area contributed by atoms with Crippen molar-refractivity contribution in [2.75, 3.05) is 0 Å². The van der Waals surface area contributed by atoms with Crippen molar-refractivity contribution in [1.29, 1.82) is 0 Å².